The number of allylic oxidation sites excluding steroid dienone is 2. The SMILES string of the molecule is CC1C=C(c2cccc3oc4ccccc4c23)C=CC1N(c1ccc(-c2cccc3c2ccc2ccccc23)cc1)c1ccccc1-c1cccc2cccc(C3CCCCC3)c12. The number of furan rings is 1. The summed E-state index contributed by atoms with van der Waals surface area (Å²) < 4.78 is 6.34. The van der Waals surface area contributed by atoms with E-state index in [9.17, 15) is 0 Å². The Hall–Kier alpha value is -7.16. The summed E-state index contributed by atoms with van der Waals surface area (Å²) in [7, 11) is 0. The van der Waals surface area contributed by atoms with Gasteiger partial charge in [0.2, 0.25) is 0 Å². The first kappa shape index (κ1) is 37.6. The second kappa shape index (κ2) is 15.6. The van der Waals surface area contributed by atoms with Gasteiger partial charge >= 0.3 is 0 Å². The molecule has 0 bridgehead atoms. The van der Waals surface area contributed by atoms with E-state index >= 15 is 0 Å². The van der Waals surface area contributed by atoms with Crippen molar-refractivity contribution in [3.8, 4) is 22.3 Å². The second-order valence-electron chi connectivity index (χ2n) is 17.8. The molecule has 12 rings (SSSR count). The van der Waals surface area contributed by atoms with Crippen LogP contribution in [-0.4, -0.2) is 6.04 Å². The molecule has 63 heavy (non-hydrogen) atoms. The fourth-order valence-electron chi connectivity index (χ4n) is 11.2. The van der Waals surface area contributed by atoms with E-state index in [-0.39, 0.29) is 12.0 Å². The molecule has 1 heterocycles. The molecular formula is C61H49NO. The molecule has 1 aromatic heterocycles. The van der Waals surface area contributed by atoms with Gasteiger partial charge in [0.1, 0.15) is 11.2 Å². The minimum atomic E-state index is 0.0535. The Kier molecular flexibility index (Phi) is 9.33. The first-order valence-electron chi connectivity index (χ1n) is 22.9. The largest absolute Gasteiger partial charge is 0.456 e. The lowest BCUT2D eigenvalue weighted by Crippen LogP contribution is -2.36. The fourth-order valence-corrected chi connectivity index (χ4v) is 11.2. The topological polar surface area (TPSA) is 16.4 Å². The number of nitrogens with zero attached hydrogens (tertiary/aromatic N) is 1. The third-order valence-corrected chi connectivity index (χ3v) is 14.1. The van der Waals surface area contributed by atoms with Crippen LogP contribution in [0.4, 0.5) is 11.4 Å². The highest BCUT2D eigenvalue weighted by molar-refractivity contribution is 6.13. The Bertz CT molecular complexity index is 3410. The lowest BCUT2D eigenvalue weighted by Gasteiger charge is -2.38. The quantitative estimate of drug-likeness (QED) is 0.149. The Balaban J connectivity index is 1.01. The van der Waals surface area contributed by atoms with Gasteiger partial charge in [-0.25, -0.2) is 0 Å². The molecule has 2 atom stereocenters. The standard InChI is InChI=1S/C61H49NO/c1-40-39-45(50-25-14-30-59-61(50)55-22-8-10-29-58(55)63-59)34-38-56(40)62(46-35-31-43(32-36-46)48-23-13-26-51-47-20-6-5-17-42(47)33-37-52(48)51)57-28-9-7-21-53(57)54-27-12-19-44-18-11-24-49(60(44)54)41-15-3-2-4-16-41/h5-14,17-41,56H,2-4,15-16H2,1H3. The Morgan fingerprint density at radius 1 is 0.476 bits per heavy atom. The van der Waals surface area contributed by atoms with Crippen molar-refractivity contribution in [3.63, 3.8) is 0 Å². The van der Waals surface area contributed by atoms with Gasteiger partial charge < -0.3 is 9.32 Å². The smallest absolute Gasteiger partial charge is 0.136 e. The van der Waals surface area contributed by atoms with Crippen molar-refractivity contribution in [1.82, 2.24) is 0 Å². The number of fused-ring (bicyclic) bond motifs is 7. The average Bonchev–Trinajstić information content (AvgIpc) is 3.74. The number of hydrogen-bond acceptors (Lipinski definition) is 2. The maximum Gasteiger partial charge on any atom is 0.136 e. The summed E-state index contributed by atoms with van der Waals surface area (Å²) in [6.45, 7) is 2.38. The number of benzene rings is 9. The summed E-state index contributed by atoms with van der Waals surface area (Å²) in [5.41, 5.74) is 13.2. The molecular weight excluding hydrogens is 763 g/mol. The predicted octanol–water partition coefficient (Wildman–Crippen LogP) is 17.2. The average molecular weight is 812 g/mol. The van der Waals surface area contributed by atoms with Crippen molar-refractivity contribution < 1.29 is 4.42 Å². The van der Waals surface area contributed by atoms with Crippen LogP contribution in [-0.2, 0) is 0 Å². The van der Waals surface area contributed by atoms with E-state index in [0.29, 0.717) is 5.92 Å². The predicted molar refractivity (Wildman–Crippen MR) is 268 cm³/mol. The van der Waals surface area contributed by atoms with Gasteiger partial charge in [-0.2, -0.15) is 0 Å². The zero-order valence-electron chi connectivity index (χ0n) is 35.7. The summed E-state index contributed by atoms with van der Waals surface area (Å²) in [6.07, 6.45) is 13.8. The van der Waals surface area contributed by atoms with Crippen molar-refractivity contribution in [2.75, 3.05) is 4.90 Å². The van der Waals surface area contributed by atoms with E-state index in [1.54, 1.807) is 0 Å². The summed E-state index contributed by atoms with van der Waals surface area (Å²) in [5.74, 6) is 0.774. The lowest BCUT2D eigenvalue weighted by molar-refractivity contribution is 0.445. The van der Waals surface area contributed by atoms with E-state index in [1.165, 1.54) is 120 Å². The molecule has 0 N–H and O–H groups in total. The number of hydrogen-bond donors (Lipinski definition) is 0. The molecule has 1 fully saturated rings. The Morgan fingerprint density at radius 2 is 1.14 bits per heavy atom. The van der Waals surface area contributed by atoms with Gasteiger partial charge in [0.25, 0.3) is 0 Å². The highest BCUT2D eigenvalue weighted by atomic mass is 16.3. The van der Waals surface area contributed by atoms with Crippen molar-refractivity contribution >= 4 is 71.2 Å². The molecule has 304 valence electrons. The first-order chi connectivity index (χ1) is 31.2. The van der Waals surface area contributed by atoms with E-state index in [0.717, 1.165) is 16.6 Å². The molecule has 0 aliphatic heterocycles. The molecule has 2 heteroatoms. The Morgan fingerprint density at radius 3 is 2.02 bits per heavy atom. The van der Waals surface area contributed by atoms with Gasteiger partial charge in [-0.1, -0.05) is 196 Å². The molecule has 0 radical (unpaired) electrons. The molecule has 2 nitrogen and oxygen atoms in total. The van der Waals surface area contributed by atoms with Crippen LogP contribution in [0.1, 0.15) is 56.1 Å². The van der Waals surface area contributed by atoms with E-state index in [2.05, 4.69) is 212 Å². The molecule has 10 aromatic rings. The van der Waals surface area contributed by atoms with Crippen LogP contribution >= 0.6 is 0 Å². The molecule has 0 amide bonds. The summed E-state index contributed by atoms with van der Waals surface area (Å²) in [6, 6.07) is 67.4. The first-order valence-corrected chi connectivity index (χ1v) is 22.9. The van der Waals surface area contributed by atoms with Crippen LogP contribution in [0.15, 0.2) is 205 Å². The van der Waals surface area contributed by atoms with Crippen molar-refractivity contribution in [1.29, 1.82) is 0 Å². The van der Waals surface area contributed by atoms with Crippen LogP contribution < -0.4 is 4.90 Å². The van der Waals surface area contributed by atoms with E-state index < -0.39 is 0 Å². The highest BCUT2D eigenvalue weighted by Gasteiger charge is 2.30. The lowest BCUT2D eigenvalue weighted by atomic mass is 9.80. The number of anilines is 2. The van der Waals surface area contributed by atoms with Crippen molar-refractivity contribution in [2.45, 2.75) is 51.0 Å². The van der Waals surface area contributed by atoms with E-state index in [1.807, 2.05) is 0 Å². The van der Waals surface area contributed by atoms with E-state index in [4.69, 9.17) is 4.42 Å². The molecule has 0 spiro atoms. The van der Waals surface area contributed by atoms with Gasteiger partial charge in [0.05, 0.1) is 6.04 Å². The third-order valence-electron chi connectivity index (χ3n) is 14.1. The van der Waals surface area contributed by atoms with Gasteiger partial charge in [-0.05, 0) is 121 Å². The maximum absolute atomic E-state index is 6.34. The minimum absolute atomic E-state index is 0.0535. The fraction of sp³-hybridized carbons (Fsp3) is 0.148. The highest BCUT2D eigenvalue weighted by Crippen LogP contribution is 2.47. The van der Waals surface area contributed by atoms with Crippen LogP contribution in [0.3, 0.4) is 0 Å². The summed E-state index contributed by atoms with van der Waals surface area (Å²) >= 11 is 0. The molecule has 2 aliphatic carbocycles. The zero-order valence-corrected chi connectivity index (χ0v) is 35.7. The molecule has 9 aromatic carbocycles. The third kappa shape index (κ3) is 6.47. The van der Waals surface area contributed by atoms with Crippen LogP contribution in [0.2, 0.25) is 0 Å². The number of rotatable bonds is 7. The van der Waals surface area contributed by atoms with Crippen LogP contribution in [0.5, 0.6) is 0 Å². The van der Waals surface area contributed by atoms with Crippen molar-refractivity contribution in [3.05, 3.63) is 211 Å². The normalized spacial score (nSPS) is 16.9. The van der Waals surface area contributed by atoms with Gasteiger partial charge in [-0.15, -0.1) is 0 Å². The Labute approximate surface area is 369 Å². The summed E-state index contributed by atoms with van der Waals surface area (Å²) in [4.78, 5) is 2.61. The van der Waals surface area contributed by atoms with Crippen LogP contribution in [0, 0.1) is 5.92 Å². The second-order valence-corrected chi connectivity index (χ2v) is 17.8. The van der Waals surface area contributed by atoms with Gasteiger partial charge in [-0.3, -0.25) is 0 Å². The van der Waals surface area contributed by atoms with Gasteiger partial charge in [0, 0.05) is 27.7 Å². The van der Waals surface area contributed by atoms with Crippen molar-refractivity contribution in [2.24, 2.45) is 5.92 Å². The molecule has 0 saturated heterocycles. The summed E-state index contributed by atoms with van der Waals surface area (Å²) in [5, 5.41) is 10.2. The zero-order chi connectivity index (χ0) is 41.9. The van der Waals surface area contributed by atoms with Crippen LogP contribution in [0.25, 0.3) is 82.1 Å². The molecule has 2 unspecified atom stereocenters. The molecule has 1 saturated carbocycles. The number of para-hydroxylation sites is 2. The maximum atomic E-state index is 6.34. The van der Waals surface area contributed by atoms with Gasteiger partial charge in [0.15, 0.2) is 0 Å². The monoisotopic (exact) mass is 811 g/mol. The molecule has 2 aliphatic rings. The minimum Gasteiger partial charge on any atom is -0.456 e.